The van der Waals surface area contributed by atoms with Crippen molar-refractivity contribution in [1.82, 2.24) is 4.90 Å². The molecule has 0 saturated carbocycles. The van der Waals surface area contributed by atoms with Crippen LogP contribution < -0.4 is 0 Å². The van der Waals surface area contributed by atoms with E-state index in [9.17, 15) is 4.79 Å². The van der Waals surface area contributed by atoms with E-state index in [1.165, 1.54) is 7.11 Å². The Morgan fingerprint density at radius 3 is 3.00 bits per heavy atom. The average molecular weight is 347 g/mol. The van der Waals surface area contributed by atoms with Crippen LogP contribution in [0.3, 0.4) is 0 Å². The maximum Gasteiger partial charge on any atom is 0.323 e. The van der Waals surface area contributed by atoms with Gasteiger partial charge in [-0.25, -0.2) is 0 Å². The second-order valence-corrected chi connectivity index (χ2v) is 6.06. The lowest BCUT2D eigenvalue weighted by Gasteiger charge is -2.33. The number of esters is 1. The predicted molar refractivity (Wildman–Crippen MR) is 79.2 cm³/mol. The summed E-state index contributed by atoms with van der Waals surface area (Å²) in [6.45, 7) is 1.60. The van der Waals surface area contributed by atoms with E-state index in [-0.39, 0.29) is 12.0 Å². The van der Waals surface area contributed by atoms with Gasteiger partial charge in [0.2, 0.25) is 0 Å². The van der Waals surface area contributed by atoms with Crippen LogP contribution >= 0.6 is 27.5 Å². The molecule has 1 fully saturated rings. The smallest absolute Gasteiger partial charge is 0.323 e. The van der Waals surface area contributed by atoms with Crippen molar-refractivity contribution in [3.8, 4) is 0 Å². The number of hydrogen-bond acceptors (Lipinski definition) is 3. The van der Waals surface area contributed by atoms with Crippen LogP contribution in [-0.2, 0) is 16.1 Å². The Morgan fingerprint density at radius 2 is 2.32 bits per heavy atom. The molecule has 5 heteroatoms. The van der Waals surface area contributed by atoms with Crippen LogP contribution in [0.2, 0.25) is 5.02 Å². The fraction of sp³-hybridized carbons (Fsp3) is 0.500. The van der Waals surface area contributed by atoms with Crippen molar-refractivity contribution < 1.29 is 9.53 Å². The number of piperidine rings is 1. The Morgan fingerprint density at radius 1 is 1.53 bits per heavy atom. The highest BCUT2D eigenvalue weighted by molar-refractivity contribution is 9.10. The Bertz CT molecular complexity index is 467. The molecular formula is C14H17BrClNO2. The second kappa shape index (κ2) is 6.73. The van der Waals surface area contributed by atoms with Crippen LogP contribution in [0.25, 0.3) is 0 Å². The van der Waals surface area contributed by atoms with E-state index in [1.54, 1.807) is 0 Å². The molecule has 1 unspecified atom stereocenters. The molecule has 1 aliphatic rings. The Labute approximate surface area is 127 Å². The number of carbonyl (C=O) groups is 1. The van der Waals surface area contributed by atoms with Gasteiger partial charge in [-0.1, -0.05) is 40.0 Å². The third-order valence-corrected chi connectivity index (χ3v) is 4.32. The molecule has 1 saturated heterocycles. The van der Waals surface area contributed by atoms with Crippen molar-refractivity contribution in [1.29, 1.82) is 0 Å². The first kappa shape index (κ1) is 14.8. The fourth-order valence-electron chi connectivity index (χ4n) is 2.45. The highest BCUT2D eigenvalue weighted by atomic mass is 79.9. The molecular weight excluding hydrogens is 330 g/mol. The van der Waals surface area contributed by atoms with Gasteiger partial charge in [-0.3, -0.25) is 9.69 Å². The minimum atomic E-state index is -0.145. The fourth-order valence-corrected chi connectivity index (χ4v) is 3.19. The zero-order valence-electron chi connectivity index (χ0n) is 10.9. The van der Waals surface area contributed by atoms with Crippen molar-refractivity contribution >= 4 is 33.5 Å². The molecule has 104 valence electrons. The lowest BCUT2D eigenvalue weighted by atomic mass is 10.0. The largest absolute Gasteiger partial charge is 0.468 e. The molecule has 2 rings (SSSR count). The Kier molecular flexibility index (Phi) is 5.25. The molecule has 0 radical (unpaired) electrons. The lowest BCUT2D eigenvalue weighted by molar-refractivity contribution is -0.148. The molecule has 0 aromatic heterocycles. The summed E-state index contributed by atoms with van der Waals surface area (Å²) in [4.78, 5) is 14.0. The lowest BCUT2D eigenvalue weighted by Crippen LogP contribution is -2.44. The molecule has 1 aliphatic heterocycles. The standard InChI is InChI=1S/C14H17BrClNO2/c1-19-14(18)13-4-2-3-7-17(13)9-10-5-6-11(15)8-12(10)16/h5-6,8,13H,2-4,7,9H2,1H3. The van der Waals surface area contributed by atoms with E-state index in [0.29, 0.717) is 6.54 Å². The first-order valence-corrected chi connectivity index (χ1v) is 7.54. The van der Waals surface area contributed by atoms with E-state index < -0.39 is 0 Å². The van der Waals surface area contributed by atoms with E-state index in [0.717, 1.165) is 40.9 Å². The molecule has 0 aliphatic carbocycles. The number of carbonyl (C=O) groups excluding carboxylic acids is 1. The molecule has 0 spiro atoms. The molecule has 1 atom stereocenters. The SMILES string of the molecule is COC(=O)C1CCCCN1Cc1ccc(Br)cc1Cl. The number of hydrogen-bond donors (Lipinski definition) is 0. The van der Waals surface area contributed by atoms with Crippen LogP contribution in [0.5, 0.6) is 0 Å². The van der Waals surface area contributed by atoms with Crippen LogP contribution in [0.15, 0.2) is 22.7 Å². The van der Waals surface area contributed by atoms with Crippen LogP contribution in [0.1, 0.15) is 24.8 Å². The van der Waals surface area contributed by atoms with Crippen LogP contribution in [0, 0.1) is 0 Å². The Hall–Kier alpha value is -0.580. The quantitative estimate of drug-likeness (QED) is 0.783. The third-order valence-electron chi connectivity index (χ3n) is 3.48. The number of benzene rings is 1. The van der Waals surface area contributed by atoms with Gasteiger partial charge in [0.05, 0.1) is 7.11 Å². The molecule has 0 N–H and O–H groups in total. The monoisotopic (exact) mass is 345 g/mol. The molecule has 0 bridgehead atoms. The molecule has 1 heterocycles. The number of methoxy groups -OCH3 is 1. The summed E-state index contributed by atoms with van der Waals surface area (Å²) in [6, 6.07) is 5.71. The number of halogens is 2. The second-order valence-electron chi connectivity index (χ2n) is 4.74. The van der Waals surface area contributed by atoms with Gasteiger partial charge in [0.1, 0.15) is 6.04 Å². The van der Waals surface area contributed by atoms with Crippen LogP contribution in [0.4, 0.5) is 0 Å². The summed E-state index contributed by atoms with van der Waals surface area (Å²) >= 11 is 9.63. The minimum absolute atomic E-state index is 0.140. The van der Waals surface area contributed by atoms with Gasteiger partial charge in [-0.05, 0) is 37.1 Å². The molecule has 3 nitrogen and oxygen atoms in total. The summed E-state index contributed by atoms with van der Waals surface area (Å²) in [5.41, 5.74) is 1.04. The van der Waals surface area contributed by atoms with Gasteiger partial charge in [-0.15, -0.1) is 0 Å². The van der Waals surface area contributed by atoms with E-state index >= 15 is 0 Å². The third kappa shape index (κ3) is 3.71. The first-order chi connectivity index (χ1) is 9.11. The zero-order chi connectivity index (χ0) is 13.8. The number of rotatable bonds is 3. The van der Waals surface area contributed by atoms with Crippen LogP contribution in [-0.4, -0.2) is 30.6 Å². The molecule has 19 heavy (non-hydrogen) atoms. The van der Waals surface area contributed by atoms with Gasteiger partial charge in [-0.2, -0.15) is 0 Å². The zero-order valence-corrected chi connectivity index (χ0v) is 13.2. The molecule has 1 aromatic rings. The topological polar surface area (TPSA) is 29.5 Å². The van der Waals surface area contributed by atoms with E-state index in [1.807, 2.05) is 18.2 Å². The summed E-state index contributed by atoms with van der Waals surface area (Å²) in [5, 5.41) is 0.726. The summed E-state index contributed by atoms with van der Waals surface area (Å²) in [5.74, 6) is -0.145. The maximum atomic E-state index is 11.8. The van der Waals surface area contributed by atoms with Gasteiger partial charge in [0.25, 0.3) is 0 Å². The maximum absolute atomic E-state index is 11.8. The summed E-state index contributed by atoms with van der Waals surface area (Å²) in [7, 11) is 1.45. The highest BCUT2D eigenvalue weighted by Crippen LogP contribution is 2.26. The van der Waals surface area contributed by atoms with Crippen molar-refractivity contribution in [2.45, 2.75) is 31.8 Å². The normalized spacial score (nSPS) is 20.3. The highest BCUT2D eigenvalue weighted by Gasteiger charge is 2.29. The number of nitrogens with zero attached hydrogens (tertiary/aromatic N) is 1. The van der Waals surface area contributed by atoms with Crippen molar-refractivity contribution in [2.24, 2.45) is 0 Å². The van der Waals surface area contributed by atoms with Gasteiger partial charge in [0, 0.05) is 16.0 Å². The predicted octanol–water partition coefficient (Wildman–Crippen LogP) is 3.63. The first-order valence-electron chi connectivity index (χ1n) is 6.37. The molecule has 0 amide bonds. The summed E-state index contributed by atoms with van der Waals surface area (Å²) in [6.07, 6.45) is 3.05. The van der Waals surface area contributed by atoms with Gasteiger partial charge in [0.15, 0.2) is 0 Å². The van der Waals surface area contributed by atoms with Crippen molar-refractivity contribution in [2.75, 3.05) is 13.7 Å². The number of likely N-dealkylation sites (tertiary alicyclic amines) is 1. The van der Waals surface area contributed by atoms with E-state index in [2.05, 4.69) is 20.8 Å². The Balaban J connectivity index is 2.13. The van der Waals surface area contributed by atoms with E-state index in [4.69, 9.17) is 16.3 Å². The minimum Gasteiger partial charge on any atom is -0.468 e. The van der Waals surface area contributed by atoms with Gasteiger partial charge >= 0.3 is 5.97 Å². The number of ether oxygens (including phenoxy) is 1. The average Bonchev–Trinajstić information content (AvgIpc) is 2.41. The van der Waals surface area contributed by atoms with Crippen molar-refractivity contribution in [3.63, 3.8) is 0 Å². The molecule has 1 aromatic carbocycles. The summed E-state index contributed by atoms with van der Waals surface area (Å²) < 4.78 is 5.85. The van der Waals surface area contributed by atoms with Gasteiger partial charge < -0.3 is 4.74 Å². The van der Waals surface area contributed by atoms with Crippen molar-refractivity contribution in [3.05, 3.63) is 33.3 Å².